The molecule has 0 unspecified atom stereocenters. The van der Waals surface area contributed by atoms with Crippen LogP contribution >= 0.6 is 0 Å². The van der Waals surface area contributed by atoms with Gasteiger partial charge in [-0.2, -0.15) is 0 Å². The number of esters is 1. The molecule has 0 fully saturated rings. The minimum atomic E-state index is -0.209. The van der Waals surface area contributed by atoms with Crippen molar-refractivity contribution in [2.75, 3.05) is 6.61 Å². The Kier molecular flexibility index (Phi) is 4.56. The molecular weight excluding hydrogens is 240 g/mol. The normalized spacial score (nSPS) is 9.95. The fourth-order valence-electron chi connectivity index (χ4n) is 1.68. The summed E-state index contributed by atoms with van der Waals surface area (Å²) in [6, 6.07) is 17.0. The van der Waals surface area contributed by atoms with Crippen LogP contribution in [0, 0.1) is 0 Å². The van der Waals surface area contributed by atoms with Crippen molar-refractivity contribution in [3.05, 3.63) is 60.2 Å². The van der Waals surface area contributed by atoms with Gasteiger partial charge < -0.3 is 9.47 Å². The maximum Gasteiger partial charge on any atom is 0.310 e. The number of carbonyl (C=O) groups excluding carboxylic acids is 1. The summed E-state index contributed by atoms with van der Waals surface area (Å²) in [4.78, 5) is 11.3. The minimum absolute atomic E-state index is 0.209. The molecule has 2 aromatic carbocycles. The van der Waals surface area contributed by atoms with Crippen molar-refractivity contribution in [2.24, 2.45) is 0 Å². The molecule has 0 aliphatic rings. The molecule has 0 amide bonds. The van der Waals surface area contributed by atoms with Crippen LogP contribution in [0.2, 0.25) is 0 Å². The summed E-state index contributed by atoms with van der Waals surface area (Å²) >= 11 is 0. The van der Waals surface area contributed by atoms with E-state index in [0.29, 0.717) is 13.0 Å². The van der Waals surface area contributed by atoms with Crippen LogP contribution in [0.15, 0.2) is 54.6 Å². The van der Waals surface area contributed by atoms with Crippen LogP contribution < -0.4 is 4.74 Å². The Morgan fingerprint density at radius 1 is 0.947 bits per heavy atom. The third-order valence-corrected chi connectivity index (χ3v) is 2.56. The van der Waals surface area contributed by atoms with Gasteiger partial charge in [0, 0.05) is 0 Å². The van der Waals surface area contributed by atoms with Gasteiger partial charge in [-0.05, 0) is 36.8 Å². The molecule has 0 saturated heterocycles. The SMILES string of the molecule is CCOC(=O)Cc1ccc(Oc2ccccc2)cc1. The lowest BCUT2D eigenvalue weighted by Gasteiger charge is -2.06. The average molecular weight is 256 g/mol. The van der Waals surface area contributed by atoms with Gasteiger partial charge >= 0.3 is 5.97 Å². The molecule has 0 aromatic heterocycles. The van der Waals surface area contributed by atoms with Gasteiger partial charge in [-0.25, -0.2) is 0 Å². The Hall–Kier alpha value is -2.29. The molecule has 3 heteroatoms. The average Bonchev–Trinajstić information content (AvgIpc) is 2.42. The predicted molar refractivity (Wildman–Crippen MR) is 73.3 cm³/mol. The van der Waals surface area contributed by atoms with E-state index in [4.69, 9.17) is 9.47 Å². The van der Waals surface area contributed by atoms with Gasteiger partial charge in [0.15, 0.2) is 0 Å². The van der Waals surface area contributed by atoms with Crippen molar-refractivity contribution in [3.63, 3.8) is 0 Å². The lowest BCUT2D eigenvalue weighted by atomic mass is 10.1. The van der Waals surface area contributed by atoms with Crippen LogP contribution in [0.5, 0.6) is 11.5 Å². The summed E-state index contributed by atoms with van der Waals surface area (Å²) in [6.07, 6.45) is 0.291. The predicted octanol–water partition coefficient (Wildman–Crippen LogP) is 3.58. The first-order chi connectivity index (χ1) is 9.28. The molecule has 3 nitrogen and oxygen atoms in total. The fourth-order valence-corrected chi connectivity index (χ4v) is 1.68. The summed E-state index contributed by atoms with van der Waals surface area (Å²) in [5.41, 5.74) is 0.916. The summed E-state index contributed by atoms with van der Waals surface area (Å²) in [6.45, 7) is 2.21. The van der Waals surface area contributed by atoms with E-state index in [1.807, 2.05) is 54.6 Å². The molecule has 0 atom stereocenters. The monoisotopic (exact) mass is 256 g/mol. The molecule has 0 N–H and O–H groups in total. The Labute approximate surface area is 112 Å². The fraction of sp³-hybridized carbons (Fsp3) is 0.188. The van der Waals surface area contributed by atoms with Gasteiger partial charge in [0.05, 0.1) is 13.0 Å². The molecule has 19 heavy (non-hydrogen) atoms. The van der Waals surface area contributed by atoms with Gasteiger partial charge in [-0.1, -0.05) is 30.3 Å². The second kappa shape index (κ2) is 6.59. The largest absolute Gasteiger partial charge is 0.466 e. The molecule has 98 valence electrons. The molecule has 0 aliphatic heterocycles. The molecule has 2 rings (SSSR count). The molecule has 0 bridgehead atoms. The van der Waals surface area contributed by atoms with Gasteiger partial charge in [-0.15, -0.1) is 0 Å². The Balaban J connectivity index is 1.97. The van der Waals surface area contributed by atoms with E-state index < -0.39 is 0 Å². The van der Waals surface area contributed by atoms with Crippen molar-refractivity contribution in [1.82, 2.24) is 0 Å². The van der Waals surface area contributed by atoms with Crippen LogP contribution in [0.1, 0.15) is 12.5 Å². The number of rotatable bonds is 5. The summed E-state index contributed by atoms with van der Waals surface area (Å²) in [7, 11) is 0. The first kappa shape index (κ1) is 13.1. The van der Waals surface area contributed by atoms with E-state index in [-0.39, 0.29) is 5.97 Å². The van der Waals surface area contributed by atoms with Crippen LogP contribution in [0.4, 0.5) is 0 Å². The zero-order valence-corrected chi connectivity index (χ0v) is 10.8. The van der Waals surface area contributed by atoms with Gasteiger partial charge in [0.25, 0.3) is 0 Å². The van der Waals surface area contributed by atoms with Crippen LogP contribution in [-0.2, 0) is 16.0 Å². The molecule has 0 spiro atoms. The van der Waals surface area contributed by atoms with E-state index in [1.165, 1.54) is 0 Å². The summed E-state index contributed by atoms with van der Waals surface area (Å²) in [5, 5.41) is 0. The quantitative estimate of drug-likeness (QED) is 0.767. The summed E-state index contributed by atoms with van der Waals surface area (Å²) in [5.74, 6) is 1.33. The van der Waals surface area contributed by atoms with Crippen molar-refractivity contribution < 1.29 is 14.3 Å². The number of hydrogen-bond donors (Lipinski definition) is 0. The van der Waals surface area contributed by atoms with Gasteiger partial charge in [-0.3, -0.25) is 4.79 Å². The highest BCUT2D eigenvalue weighted by Gasteiger charge is 2.04. The number of para-hydroxylation sites is 1. The molecule has 0 radical (unpaired) electrons. The minimum Gasteiger partial charge on any atom is -0.466 e. The van der Waals surface area contributed by atoms with E-state index in [0.717, 1.165) is 17.1 Å². The zero-order valence-electron chi connectivity index (χ0n) is 10.8. The van der Waals surface area contributed by atoms with Gasteiger partial charge in [0.2, 0.25) is 0 Å². The topological polar surface area (TPSA) is 35.5 Å². The van der Waals surface area contributed by atoms with Gasteiger partial charge in [0.1, 0.15) is 11.5 Å². The second-order valence-corrected chi connectivity index (χ2v) is 4.04. The van der Waals surface area contributed by atoms with E-state index in [1.54, 1.807) is 6.92 Å². The molecule has 0 saturated carbocycles. The van der Waals surface area contributed by atoms with Crippen molar-refractivity contribution in [1.29, 1.82) is 0 Å². The molecular formula is C16H16O3. The van der Waals surface area contributed by atoms with E-state index in [2.05, 4.69) is 0 Å². The maximum absolute atomic E-state index is 11.3. The van der Waals surface area contributed by atoms with Crippen LogP contribution in [0.3, 0.4) is 0 Å². The maximum atomic E-state index is 11.3. The second-order valence-electron chi connectivity index (χ2n) is 4.04. The Morgan fingerprint density at radius 2 is 1.58 bits per heavy atom. The smallest absolute Gasteiger partial charge is 0.310 e. The number of carbonyl (C=O) groups is 1. The molecule has 2 aromatic rings. The Morgan fingerprint density at radius 3 is 2.21 bits per heavy atom. The highest BCUT2D eigenvalue weighted by molar-refractivity contribution is 5.72. The summed E-state index contributed by atoms with van der Waals surface area (Å²) < 4.78 is 10.6. The van der Waals surface area contributed by atoms with Crippen molar-refractivity contribution in [2.45, 2.75) is 13.3 Å². The van der Waals surface area contributed by atoms with E-state index in [9.17, 15) is 4.79 Å². The van der Waals surface area contributed by atoms with Crippen molar-refractivity contribution >= 4 is 5.97 Å². The highest BCUT2D eigenvalue weighted by atomic mass is 16.5. The lowest BCUT2D eigenvalue weighted by Crippen LogP contribution is -2.07. The Bertz CT molecular complexity index is 517. The number of benzene rings is 2. The first-order valence-electron chi connectivity index (χ1n) is 6.25. The highest BCUT2D eigenvalue weighted by Crippen LogP contribution is 2.21. The number of hydrogen-bond acceptors (Lipinski definition) is 3. The third kappa shape index (κ3) is 4.14. The molecule has 0 aliphatic carbocycles. The third-order valence-electron chi connectivity index (χ3n) is 2.56. The zero-order chi connectivity index (χ0) is 13.5. The first-order valence-corrected chi connectivity index (χ1v) is 6.25. The standard InChI is InChI=1S/C16H16O3/c1-2-18-16(17)12-13-8-10-15(11-9-13)19-14-6-4-3-5-7-14/h3-11H,2,12H2,1H3. The van der Waals surface area contributed by atoms with Crippen molar-refractivity contribution in [3.8, 4) is 11.5 Å². The number of ether oxygens (including phenoxy) is 2. The lowest BCUT2D eigenvalue weighted by molar-refractivity contribution is -0.142. The van der Waals surface area contributed by atoms with Crippen LogP contribution in [-0.4, -0.2) is 12.6 Å². The van der Waals surface area contributed by atoms with E-state index >= 15 is 0 Å². The molecule has 0 heterocycles. The van der Waals surface area contributed by atoms with Crippen LogP contribution in [0.25, 0.3) is 0 Å².